The average molecular weight is 282 g/mol. The molecular weight excluding hydrogens is 264 g/mol. The fraction of sp³-hybridized carbons (Fsp3) is 0.600. The Morgan fingerprint density at radius 1 is 1.50 bits per heavy atom. The Hall–Kier alpha value is 0.230. The minimum atomic E-state index is 0.109. The summed E-state index contributed by atoms with van der Waals surface area (Å²) in [4.78, 5) is 0. The van der Waals surface area contributed by atoms with Crippen molar-refractivity contribution in [3.63, 3.8) is 0 Å². The molecule has 0 aromatic carbocycles. The van der Waals surface area contributed by atoms with Gasteiger partial charge < -0.3 is 0 Å². The molecule has 0 aromatic rings. The molecule has 0 spiro atoms. The van der Waals surface area contributed by atoms with Crippen molar-refractivity contribution < 1.29 is 5.11 Å². The Bertz CT molecular complexity index is 150. The van der Waals surface area contributed by atoms with E-state index in [4.69, 9.17) is 5.11 Å². The molecule has 0 aliphatic heterocycles. The zero-order valence-electron chi connectivity index (χ0n) is 7.92. The number of allylic oxidation sites excluding steroid dienone is 2. The number of unbranched alkanes of at least 4 members (excludes halogenated alkanes) is 1. The number of hydrogen-bond donors (Lipinski definition) is 1. The van der Waals surface area contributed by atoms with Crippen LogP contribution in [-0.4, -0.2) is 32.6 Å². The summed E-state index contributed by atoms with van der Waals surface area (Å²) in [5.74, 6) is 0. The fourth-order valence-electron chi connectivity index (χ4n) is 0.663. The average Bonchev–Trinajstić information content (AvgIpc) is 2.05. The van der Waals surface area contributed by atoms with E-state index in [-0.39, 0.29) is 27.5 Å². The predicted molar refractivity (Wildman–Crippen MR) is 55.5 cm³/mol. The molecule has 0 rings (SSSR count). The van der Waals surface area contributed by atoms with Gasteiger partial charge in [-0.2, -0.15) is 0 Å². The molecule has 0 saturated heterocycles. The molecular formula is C10H18OTe. The van der Waals surface area contributed by atoms with Crippen molar-refractivity contribution in [3.8, 4) is 0 Å². The molecule has 0 atom stereocenters. The van der Waals surface area contributed by atoms with E-state index in [0.717, 1.165) is 0 Å². The van der Waals surface area contributed by atoms with Gasteiger partial charge >= 0.3 is 85.6 Å². The molecule has 0 unspecified atom stereocenters. The van der Waals surface area contributed by atoms with Gasteiger partial charge in [0.15, 0.2) is 0 Å². The van der Waals surface area contributed by atoms with Crippen LogP contribution in [0.1, 0.15) is 26.7 Å². The van der Waals surface area contributed by atoms with Crippen LogP contribution in [-0.2, 0) is 0 Å². The summed E-state index contributed by atoms with van der Waals surface area (Å²) in [6.07, 6.45) is 6.65. The van der Waals surface area contributed by atoms with E-state index >= 15 is 0 Å². The van der Waals surface area contributed by atoms with Crippen LogP contribution in [0.5, 0.6) is 0 Å². The Balaban J connectivity index is 3.41. The Kier molecular flexibility index (Phi) is 9.50. The van der Waals surface area contributed by atoms with Crippen molar-refractivity contribution in [2.75, 3.05) is 6.61 Å². The van der Waals surface area contributed by atoms with Gasteiger partial charge in [-0.05, 0) is 0 Å². The van der Waals surface area contributed by atoms with Crippen molar-refractivity contribution in [1.29, 1.82) is 0 Å². The molecule has 0 aromatic heterocycles. The topological polar surface area (TPSA) is 20.2 Å². The normalized spacial score (nSPS) is 12.8. The SMILES string of the molecule is CCCC[Te]C=CC(C)=CCO. The minimum absolute atomic E-state index is 0.109. The Labute approximate surface area is 85.6 Å². The first kappa shape index (κ1) is 12.2. The Morgan fingerprint density at radius 2 is 2.25 bits per heavy atom. The van der Waals surface area contributed by atoms with Crippen molar-refractivity contribution in [2.45, 2.75) is 31.2 Å². The third kappa shape index (κ3) is 8.33. The molecule has 0 radical (unpaired) electrons. The number of hydrogen-bond acceptors (Lipinski definition) is 1. The van der Waals surface area contributed by atoms with E-state index in [2.05, 4.69) is 17.1 Å². The van der Waals surface area contributed by atoms with Crippen LogP contribution in [0.2, 0.25) is 4.47 Å². The maximum atomic E-state index is 8.58. The molecule has 12 heavy (non-hydrogen) atoms. The second-order valence-corrected chi connectivity index (χ2v) is 5.55. The van der Waals surface area contributed by atoms with Crippen LogP contribution < -0.4 is 0 Å². The van der Waals surface area contributed by atoms with Gasteiger partial charge in [0.05, 0.1) is 0 Å². The van der Waals surface area contributed by atoms with Gasteiger partial charge in [0.2, 0.25) is 0 Å². The number of aliphatic hydroxyl groups excluding tert-OH is 1. The van der Waals surface area contributed by atoms with E-state index < -0.39 is 0 Å². The quantitative estimate of drug-likeness (QED) is 0.450. The molecule has 0 heterocycles. The van der Waals surface area contributed by atoms with E-state index in [1.807, 2.05) is 13.0 Å². The summed E-state index contributed by atoms with van der Waals surface area (Å²) in [5, 5.41) is 8.58. The maximum absolute atomic E-state index is 8.58. The molecule has 0 aliphatic rings. The third-order valence-electron chi connectivity index (χ3n) is 1.46. The molecule has 0 aliphatic carbocycles. The molecule has 2 heteroatoms. The first-order chi connectivity index (χ1) is 5.81. The summed E-state index contributed by atoms with van der Waals surface area (Å²) in [6, 6.07) is 0. The van der Waals surface area contributed by atoms with Crippen molar-refractivity contribution in [1.82, 2.24) is 0 Å². The summed E-state index contributed by atoms with van der Waals surface area (Å²) in [6.45, 7) is 4.42. The van der Waals surface area contributed by atoms with Gasteiger partial charge in [0, 0.05) is 0 Å². The third-order valence-corrected chi connectivity index (χ3v) is 3.89. The van der Waals surface area contributed by atoms with Gasteiger partial charge in [-0.3, -0.25) is 0 Å². The van der Waals surface area contributed by atoms with Crippen LogP contribution in [0.25, 0.3) is 0 Å². The number of aliphatic hydroxyl groups is 1. The first-order valence-corrected chi connectivity index (χ1v) is 7.36. The van der Waals surface area contributed by atoms with Crippen LogP contribution in [0.3, 0.4) is 0 Å². The van der Waals surface area contributed by atoms with Crippen molar-refractivity contribution in [2.24, 2.45) is 0 Å². The molecule has 0 fully saturated rings. The summed E-state index contributed by atoms with van der Waals surface area (Å²) in [7, 11) is 0. The van der Waals surface area contributed by atoms with Crippen LogP contribution >= 0.6 is 0 Å². The standard InChI is InChI=1S/C10H18OTe/c1-3-4-8-12-9-6-10(2)5-7-11/h5-6,9,11H,3-4,7-8H2,1-2H3. The summed E-state index contributed by atoms with van der Waals surface area (Å²) < 4.78 is 3.71. The van der Waals surface area contributed by atoms with E-state index in [1.54, 1.807) is 0 Å². The molecule has 1 nitrogen and oxygen atoms in total. The van der Waals surface area contributed by atoms with E-state index in [0.29, 0.717) is 0 Å². The van der Waals surface area contributed by atoms with Crippen LogP contribution in [0.4, 0.5) is 0 Å². The molecule has 70 valence electrons. The van der Waals surface area contributed by atoms with Gasteiger partial charge in [0.25, 0.3) is 0 Å². The van der Waals surface area contributed by atoms with Gasteiger partial charge in [-0.1, -0.05) is 0 Å². The monoisotopic (exact) mass is 284 g/mol. The second-order valence-electron chi connectivity index (χ2n) is 2.66. The summed E-state index contributed by atoms with van der Waals surface area (Å²) in [5.41, 5.74) is 1.18. The summed E-state index contributed by atoms with van der Waals surface area (Å²) >= 11 is 0.109. The van der Waals surface area contributed by atoms with E-state index in [1.165, 1.54) is 22.9 Å². The first-order valence-electron chi connectivity index (χ1n) is 4.37. The van der Waals surface area contributed by atoms with Gasteiger partial charge in [-0.15, -0.1) is 0 Å². The zero-order valence-corrected chi connectivity index (χ0v) is 10.2. The molecule has 1 N–H and O–H groups in total. The predicted octanol–water partition coefficient (Wildman–Crippen LogP) is 2.36. The molecule has 0 saturated carbocycles. The van der Waals surface area contributed by atoms with Crippen LogP contribution in [0.15, 0.2) is 21.8 Å². The molecule has 0 amide bonds. The number of rotatable bonds is 6. The van der Waals surface area contributed by atoms with Crippen molar-refractivity contribution >= 4 is 20.9 Å². The second kappa shape index (κ2) is 9.32. The van der Waals surface area contributed by atoms with Crippen LogP contribution in [0, 0.1) is 0 Å². The fourth-order valence-corrected chi connectivity index (χ4v) is 3.24. The van der Waals surface area contributed by atoms with Crippen molar-refractivity contribution in [3.05, 3.63) is 21.8 Å². The zero-order chi connectivity index (χ0) is 9.23. The van der Waals surface area contributed by atoms with Gasteiger partial charge in [-0.25, -0.2) is 0 Å². The Morgan fingerprint density at radius 3 is 2.83 bits per heavy atom. The molecule has 0 bridgehead atoms. The van der Waals surface area contributed by atoms with Gasteiger partial charge in [0.1, 0.15) is 0 Å². The van der Waals surface area contributed by atoms with E-state index in [9.17, 15) is 0 Å².